The van der Waals surface area contributed by atoms with Gasteiger partial charge in [0.15, 0.2) is 11.5 Å². The maximum absolute atomic E-state index is 5.71. The maximum atomic E-state index is 5.71. The molecule has 0 atom stereocenters. The lowest BCUT2D eigenvalue weighted by Gasteiger charge is -2.20. The number of anilines is 2. The van der Waals surface area contributed by atoms with Gasteiger partial charge in [0, 0.05) is 16.7 Å². The molecule has 0 bridgehead atoms. The van der Waals surface area contributed by atoms with Crippen LogP contribution in [0.25, 0.3) is 33.6 Å². The van der Waals surface area contributed by atoms with E-state index in [1.807, 2.05) is 127 Å². The Hall–Kier alpha value is -5.29. The lowest BCUT2D eigenvalue weighted by molar-refractivity contribution is 0.481. The summed E-state index contributed by atoms with van der Waals surface area (Å²) in [5.41, 5.74) is 7.87. The number of benzene rings is 5. The Bertz CT molecular complexity index is 1510. The number of rotatable bonds is 3. The average molecular weight is 493 g/mol. The molecule has 1 aliphatic heterocycles. The summed E-state index contributed by atoms with van der Waals surface area (Å²) >= 11 is 0. The molecule has 0 radical (unpaired) electrons. The summed E-state index contributed by atoms with van der Waals surface area (Å²) in [5, 5.41) is 16.0. The number of ether oxygens (including phenoxy) is 1. The van der Waals surface area contributed by atoms with Crippen molar-refractivity contribution in [3.8, 4) is 45.1 Å². The van der Waals surface area contributed by atoms with Crippen LogP contribution >= 0.6 is 0 Å². The fraction of sp³-hybridized carbons (Fsp3) is 0. The van der Waals surface area contributed by atoms with E-state index in [4.69, 9.17) is 4.74 Å². The Morgan fingerprint density at radius 2 is 0.816 bits per heavy atom. The van der Waals surface area contributed by atoms with Crippen LogP contribution in [0.3, 0.4) is 0 Å². The van der Waals surface area contributed by atoms with E-state index in [-0.39, 0.29) is 0 Å². The molecule has 6 aromatic rings. The molecule has 1 N–H and O–H groups in total. The zero-order chi connectivity index (χ0) is 25.6. The number of fused-ring (bicyclic) bond motifs is 2. The molecular weight excluding hydrogens is 468 g/mol. The first-order chi connectivity index (χ1) is 18.9. The maximum Gasteiger partial charge on any atom is 0.150 e. The number of hydrogen-bond donors (Lipinski definition) is 1. The van der Waals surface area contributed by atoms with E-state index in [9.17, 15) is 0 Å². The van der Waals surface area contributed by atoms with Crippen LogP contribution in [0, 0.1) is 0 Å². The van der Waals surface area contributed by atoms with Gasteiger partial charge < -0.3 is 10.1 Å². The zero-order valence-electron chi connectivity index (χ0n) is 20.5. The van der Waals surface area contributed by atoms with Crippen LogP contribution in [0.2, 0.25) is 0 Å². The molecule has 0 aliphatic carbocycles. The van der Waals surface area contributed by atoms with Crippen molar-refractivity contribution in [2.45, 2.75) is 0 Å². The number of nitrogens with zero attached hydrogens (tertiary/aromatic N) is 3. The fourth-order valence-corrected chi connectivity index (χ4v) is 4.38. The van der Waals surface area contributed by atoms with Crippen molar-refractivity contribution in [3.05, 3.63) is 140 Å². The van der Waals surface area contributed by atoms with Crippen molar-refractivity contribution in [3.63, 3.8) is 0 Å². The van der Waals surface area contributed by atoms with Gasteiger partial charge >= 0.3 is 0 Å². The van der Waals surface area contributed by atoms with Crippen LogP contribution in [0.5, 0.6) is 11.5 Å². The van der Waals surface area contributed by atoms with Gasteiger partial charge in [-0.3, -0.25) is 0 Å². The van der Waals surface area contributed by atoms with E-state index in [1.165, 1.54) is 0 Å². The van der Waals surface area contributed by atoms with E-state index in [1.54, 1.807) is 0 Å². The molecule has 0 saturated heterocycles. The second-order valence-electron chi connectivity index (χ2n) is 8.68. The standard InChI is InChI=1S/C21H15N3.C12H9NO/c1-4-10-16(11-5-1)19-20(17-12-6-2-7-13-17)22-24-23-21(19)18-14-8-3-9-15-18;1-3-7-11-9(5-1)13-10-6-2-4-8-12(10)14-11/h1-15H;1-8,13H. The first-order valence-corrected chi connectivity index (χ1v) is 12.4. The third-order valence-corrected chi connectivity index (χ3v) is 6.18. The lowest BCUT2D eigenvalue weighted by atomic mass is 9.95. The quantitative estimate of drug-likeness (QED) is 0.268. The van der Waals surface area contributed by atoms with Crippen LogP contribution in [-0.4, -0.2) is 15.4 Å². The monoisotopic (exact) mass is 492 g/mol. The summed E-state index contributed by atoms with van der Waals surface area (Å²) in [6, 6.07) is 46.3. The SMILES string of the molecule is c1ccc(-c2nnnc(-c3ccccc3)c2-c2ccccc2)cc1.c1ccc2c(c1)Nc1ccccc1O2. The minimum atomic E-state index is 0.843. The highest BCUT2D eigenvalue weighted by Gasteiger charge is 2.17. The molecule has 0 unspecified atom stereocenters. The van der Waals surface area contributed by atoms with Crippen LogP contribution in [0.4, 0.5) is 11.4 Å². The molecule has 0 fully saturated rings. The van der Waals surface area contributed by atoms with Crippen molar-refractivity contribution in [1.29, 1.82) is 0 Å². The number of hydrogen-bond acceptors (Lipinski definition) is 5. The lowest BCUT2D eigenvalue weighted by Crippen LogP contribution is -2.01. The van der Waals surface area contributed by atoms with Gasteiger partial charge in [-0.1, -0.05) is 115 Å². The second kappa shape index (κ2) is 10.8. The van der Waals surface area contributed by atoms with Gasteiger partial charge in [-0.05, 0) is 35.0 Å². The number of para-hydroxylation sites is 4. The third kappa shape index (κ3) is 4.86. The minimum absolute atomic E-state index is 0.843. The molecule has 1 aliphatic rings. The summed E-state index contributed by atoms with van der Waals surface area (Å²) in [6.45, 7) is 0. The van der Waals surface area contributed by atoms with E-state index in [0.717, 1.165) is 56.5 Å². The molecule has 2 heterocycles. The van der Waals surface area contributed by atoms with E-state index < -0.39 is 0 Å². The van der Waals surface area contributed by atoms with Crippen LogP contribution in [-0.2, 0) is 0 Å². The van der Waals surface area contributed by atoms with E-state index in [0.29, 0.717) is 0 Å². The Morgan fingerprint density at radius 3 is 1.29 bits per heavy atom. The second-order valence-corrected chi connectivity index (χ2v) is 8.68. The molecule has 182 valence electrons. The van der Waals surface area contributed by atoms with Crippen molar-refractivity contribution in [2.24, 2.45) is 0 Å². The molecule has 5 nitrogen and oxygen atoms in total. The Labute approximate surface area is 221 Å². The first kappa shape index (κ1) is 23.1. The third-order valence-electron chi connectivity index (χ3n) is 6.18. The average Bonchev–Trinajstić information content (AvgIpc) is 3.01. The predicted molar refractivity (Wildman–Crippen MR) is 152 cm³/mol. The Kier molecular flexibility index (Phi) is 6.55. The summed E-state index contributed by atoms with van der Waals surface area (Å²) in [6.07, 6.45) is 0. The van der Waals surface area contributed by atoms with Gasteiger partial charge in [0.2, 0.25) is 0 Å². The van der Waals surface area contributed by atoms with Gasteiger partial charge in [0.05, 0.1) is 11.4 Å². The summed E-state index contributed by atoms with van der Waals surface area (Å²) in [4.78, 5) is 0. The highest BCUT2D eigenvalue weighted by atomic mass is 16.5. The topological polar surface area (TPSA) is 59.9 Å². The molecule has 38 heavy (non-hydrogen) atoms. The molecular formula is C33H24N4O. The van der Waals surface area contributed by atoms with Gasteiger partial charge in [0.25, 0.3) is 0 Å². The summed E-state index contributed by atoms with van der Waals surface area (Å²) in [7, 11) is 0. The molecule has 5 aromatic carbocycles. The van der Waals surface area contributed by atoms with Gasteiger partial charge in [0.1, 0.15) is 11.4 Å². The van der Waals surface area contributed by atoms with Crippen molar-refractivity contribution < 1.29 is 4.74 Å². The van der Waals surface area contributed by atoms with Crippen LogP contribution < -0.4 is 10.1 Å². The van der Waals surface area contributed by atoms with Gasteiger partial charge in [-0.2, -0.15) is 0 Å². The molecule has 1 aromatic heterocycles. The first-order valence-electron chi connectivity index (χ1n) is 12.4. The van der Waals surface area contributed by atoms with E-state index in [2.05, 4.69) is 32.9 Å². The van der Waals surface area contributed by atoms with Crippen LogP contribution in [0.15, 0.2) is 140 Å². The van der Waals surface area contributed by atoms with Crippen molar-refractivity contribution >= 4 is 11.4 Å². The summed E-state index contributed by atoms with van der Waals surface area (Å²) < 4.78 is 5.71. The number of nitrogens with one attached hydrogen (secondary N) is 1. The normalized spacial score (nSPS) is 11.1. The molecule has 0 spiro atoms. The number of aromatic nitrogens is 3. The highest BCUT2D eigenvalue weighted by Crippen LogP contribution is 2.41. The molecule has 0 saturated carbocycles. The molecule has 0 amide bonds. The minimum Gasteiger partial charge on any atom is -0.453 e. The molecule has 7 rings (SSSR count). The Morgan fingerprint density at radius 1 is 0.421 bits per heavy atom. The smallest absolute Gasteiger partial charge is 0.150 e. The fourth-order valence-electron chi connectivity index (χ4n) is 4.38. The van der Waals surface area contributed by atoms with Crippen molar-refractivity contribution in [2.75, 3.05) is 5.32 Å². The van der Waals surface area contributed by atoms with Gasteiger partial charge in [-0.25, -0.2) is 0 Å². The highest BCUT2D eigenvalue weighted by molar-refractivity contribution is 5.90. The molecule has 5 heteroatoms. The summed E-state index contributed by atoms with van der Waals surface area (Å²) in [5.74, 6) is 1.76. The van der Waals surface area contributed by atoms with E-state index >= 15 is 0 Å². The van der Waals surface area contributed by atoms with Gasteiger partial charge in [-0.15, -0.1) is 10.2 Å². The Balaban J connectivity index is 0.000000159. The predicted octanol–water partition coefficient (Wildman–Crippen LogP) is 8.41. The largest absolute Gasteiger partial charge is 0.453 e. The van der Waals surface area contributed by atoms with Crippen molar-refractivity contribution in [1.82, 2.24) is 15.4 Å². The zero-order valence-corrected chi connectivity index (χ0v) is 20.5. The van der Waals surface area contributed by atoms with Crippen LogP contribution in [0.1, 0.15) is 0 Å².